The fourth-order valence-electron chi connectivity index (χ4n) is 1.99. The van der Waals surface area contributed by atoms with E-state index < -0.39 is 68.8 Å². The molecule has 8 atom stereocenters. The Morgan fingerprint density at radius 3 is 2.14 bits per heavy atom. The minimum atomic E-state index is -1.62. The highest BCUT2D eigenvalue weighted by atomic mass is 16.7. The molecule has 10 nitrogen and oxygen atoms in total. The lowest BCUT2D eigenvalue weighted by Gasteiger charge is -2.42. The molecule has 0 saturated carbocycles. The van der Waals surface area contributed by atoms with Gasteiger partial charge in [0.05, 0.1) is 25.9 Å². The average molecular weight is 313 g/mol. The Balaban J connectivity index is 2.74. The molecule has 0 aromatic carbocycles. The molecule has 1 fully saturated rings. The first-order valence-corrected chi connectivity index (χ1v) is 6.48. The topological polar surface area (TPSA) is 186 Å². The van der Waals surface area contributed by atoms with Crippen molar-refractivity contribution in [3.05, 3.63) is 0 Å². The second kappa shape index (κ2) is 8.29. The summed E-state index contributed by atoms with van der Waals surface area (Å²) in [5.41, 5.74) is 5.62. The minimum Gasteiger partial charge on any atom is -0.394 e. The molecule has 1 saturated heterocycles. The van der Waals surface area contributed by atoms with Crippen molar-refractivity contribution in [1.29, 1.82) is 0 Å². The zero-order valence-electron chi connectivity index (χ0n) is 11.3. The van der Waals surface area contributed by atoms with Gasteiger partial charge in [-0.3, -0.25) is 0 Å². The third-order valence-corrected chi connectivity index (χ3v) is 3.38. The van der Waals surface area contributed by atoms with Gasteiger partial charge in [0.25, 0.3) is 0 Å². The number of aliphatic hydroxyl groups excluding tert-OH is 7. The van der Waals surface area contributed by atoms with Crippen LogP contribution in [0.2, 0.25) is 0 Å². The standard InChI is InChI=1S/C11H23NO9/c12-7-10(19)9(18)6(3-15)21-11(7)20-5(2-14)8(17)4(16)1-13/h4-11,13-19H,1-3,12H2/t4-,5+,6+,7+,8-,9+,10+,11?/m0/s1. The third-order valence-electron chi connectivity index (χ3n) is 3.38. The first-order chi connectivity index (χ1) is 9.87. The van der Waals surface area contributed by atoms with Gasteiger partial charge in [-0.25, -0.2) is 0 Å². The predicted octanol–water partition coefficient (Wildman–Crippen LogP) is -5.16. The molecule has 0 radical (unpaired) electrons. The van der Waals surface area contributed by atoms with E-state index in [2.05, 4.69) is 0 Å². The SMILES string of the molecule is N[C@H]1C(O[C@H](CO)[C@@H](O)[C@@H](O)CO)O[C@H](CO)[C@@H](O)[C@@H]1O. The summed E-state index contributed by atoms with van der Waals surface area (Å²) in [6.45, 7) is -2.07. The van der Waals surface area contributed by atoms with Crippen molar-refractivity contribution in [3.63, 3.8) is 0 Å². The third kappa shape index (κ3) is 4.29. The number of nitrogens with two attached hydrogens (primary N) is 1. The highest BCUT2D eigenvalue weighted by Crippen LogP contribution is 2.22. The van der Waals surface area contributed by atoms with E-state index in [1.54, 1.807) is 0 Å². The van der Waals surface area contributed by atoms with E-state index in [0.29, 0.717) is 0 Å². The second-order valence-electron chi connectivity index (χ2n) is 4.88. The smallest absolute Gasteiger partial charge is 0.176 e. The van der Waals surface area contributed by atoms with Crippen LogP contribution in [0.25, 0.3) is 0 Å². The normalized spacial score (nSPS) is 38.0. The van der Waals surface area contributed by atoms with E-state index in [0.717, 1.165) is 0 Å². The Morgan fingerprint density at radius 1 is 1.05 bits per heavy atom. The van der Waals surface area contributed by atoms with Crippen molar-refractivity contribution in [2.75, 3.05) is 19.8 Å². The van der Waals surface area contributed by atoms with Gasteiger partial charge in [-0.1, -0.05) is 0 Å². The van der Waals surface area contributed by atoms with Crippen molar-refractivity contribution in [1.82, 2.24) is 0 Å². The monoisotopic (exact) mass is 313 g/mol. The molecule has 9 N–H and O–H groups in total. The summed E-state index contributed by atoms with van der Waals surface area (Å²) in [6, 6.07) is -1.20. The Labute approximate surface area is 121 Å². The van der Waals surface area contributed by atoms with Gasteiger partial charge in [-0.05, 0) is 0 Å². The van der Waals surface area contributed by atoms with E-state index >= 15 is 0 Å². The number of ether oxygens (including phenoxy) is 2. The van der Waals surface area contributed by atoms with Gasteiger partial charge >= 0.3 is 0 Å². The minimum absolute atomic E-state index is 0.601. The Bertz CT molecular complexity index is 305. The van der Waals surface area contributed by atoms with Crippen molar-refractivity contribution in [2.45, 2.75) is 49.0 Å². The van der Waals surface area contributed by atoms with Crippen molar-refractivity contribution >= 4 is 0 Å². The Hall–Kier alpha value is -0.400. The lowest BCUT2D eigenvalue weighted by molar-refractivity contribution is -0.291. The van der Waals surface area contributed by atoms with Crippen molar-refractivity contribution in [2.24, 2.45) is 5.73 Å². The van der Waals surface area contributed by atoms with Gasteiger partial charge in [0.2, 0.25) is 0 Å². The summed E-state index contributed by atoms with van der Waals surface area (Å²) in [4.78, 5) is 0. The molecule has 1 aliphatic heterocycles. The average Bonchev–Trinajstić information content (AvgIpc) is 2.50. The fourth-order valence-corrected chi connectivity index (χ4v) is 1.99. The van der Waals surface area contributed by atoms with Crippen molar-refractivity contribution < 1.29 is 45.2 Å². The molecular weight excluding hydrogens is 290 g/mol. The first-order valence-electron chi connectivity index (χ1n) is 6.48. The Morgan fingerprint density at radius 2 is 1.67 bits per heavy atom. The zero-order chi connectivity index (χ0) is 16.2. The maximum atomic E-state index is 9.74. The summed E-state index contributed by atoms with van der Waals surface area (Å²) >= 11 is 0. The lowest BCUT2D eigenvalue weighted by atomic mass is 9.97. The summed E-state index contributed by atoms with van der Waals surface area (Å²) < 4.78 is 10.3. The zero-order valence-corrected chi connectivity index (χ0v) is 11.3. The number of hydrogen-bond donors (Lipinski definition) is 8. The second-order valence-corrected chi connectivity index (χ2v) is 4.88. The number of hydrogen-bond acceptors (Lipinski definition) is 10. The van der Waals surface area contributed by atoms with Crippen LogP contribution in [0.3, 0.4) is 0 Å². The molecule has 1 heterocycles. The van der Waals surface area contributed by atoms with E-state index in [9.17, 15) is 20.4 Å². The highest BCUT2D eigenvalue weighted by molar-refractivity contribution is 4.92. The van der Waals surface area contributed by atoms with Crippen LogP contribution in [0, 0.1) is 0 Å². The quantitative estimate of drug-likeness (QED) is 0.226. The van der Waals surface area contributed by atoms with E-state index in [4.69, 9.17) is 30.5 Å². The van der Waals surface area contributed by atoms with Crippen LogP contribution in [-0.4, -0.2) is 105 Å². The van der Waals surface area contributed by atoms with Gasteiger partial charge in [0.15, 0.2) is 6.29 Å². The summed E-state index contributed by atoms with van der Waals surface area (Å²) in [5.74, 6) is 0. The first kappa shape index (κ1) is 18.6. The molecule has 1 unspecified atom stereocenters. The van der Waals surface area contributed by atoms with Crippen LogP contribution < -0.4 is 5.73 Å². The molecular formula is C11H23NO9. The van der Waals surface area contributed by atoms with Crippen molar-refractivity contribution in [3.8, 4) is 0 Å². The largest absolute Gasteiger partial charge is 0.394 e. The van der Waals surface area contributed by atoms with Crippen LogP contribution in [-0.2, 0) is 9.47 Å². The summed E-state index contributed by atoms with van der Waals surface area (Å²) in [5, 5.41) is 65.3. The van der Waals surface area contributed by atoms with E-state index in [1.165, 1.54) is 0 Å². The summed E-state index contributed by atoms with van der Waals surface area (Å²) in [6.07, 6.45) is -9.85. The van der Waals surface area contributed by atoms with Crippen LogP contribution in [0.5, 0.6) is 0 Å². The molecule has 0 bridgehead atoms. The van der Waals surface area contributed by atoms with E-state index in [-0.39, 0.29) is 0 Å². The van der Waals surface area contributed by atoms with E-state index in [1.807, 2.05) is 0 Å². The molecule has 10 heteroatoms. The van der Waals surface area contributed by atoms with Gasteiger partial charge in [0.1, 0.15) is 36.6 Å². The lowest BCUT2D eigenvalue weighted by Crippen LogP contribution is -2.63. The van der Waals surface area contributed by atoms with Gasteiger partial charge < -0.3 is 51.0 Å². The van der Waals surface area contributed by atoms with Crippen LogP contribution in [0.15, 0.2) is 0 Å². The molecule has 0 aliphatic carbocycles. The molecule has 0 aromatic heterocycles. The summed E-state index contributed by atoms with van der Waals surface area (Å²) in [7, 11) is 0. The maximum absolute atomic E-state index is 9.74. The molecule has 21 heavy (non-hydrogen) atoms. The number of rotatable bonds is 7. The van der Waals surface area contributed by atoms with Crippen LogP contribution >= 0.6 is 0 Å². The number of aliphatic hydroxyl groups is 7. The molecule has 0 aromatic rings. The molecule has 1 aliphatic rings. The fraction of sp³-hybridized carbons (Fsp3) is 1.00. The predicted molar refractivity (Wildman–Crippen MR) is 66.8 cm³/mol. The molecule has 126 valence electrons. The maximum Gasteiger partial charge on any atom is 0.176 e. The van der Waals surface area contributed by atoms with Crippen LogP contribution in [0.4, 0.5) is 0 Å². The molecule has 1 rings (SSSR count). The Kier molecular flexibility index (Phi) is 7.36. The molecule has 0 amide bonds. The van der Waals surface area contributed by atoms with Gasteiger partial charge in [-0.15, -0.1) is 0 Å². The molecule has 0 spiro atoms. The van der Waals surface area contributed by atoms with Gasteiger partial charge in [-0.2, -0.15) is 0 Å². The van der Waals surface area contributed by atoms with Crippen LogP contribution in [0.1, 0.15) is 0 Å². The highest BCUT2D eigenvalue weighted by Gasteiger charge is 2.44. The van der Waals surface area contributed by atoms with Gasteiger partial charge in [0, 0.05) is 0 Å².